The first kappa shape index (κ1) is 32.4. The lowest BCUT2D eigenvalue weighted by atomic mass is 9.87. The number of rotatable bonds is 6. The van der Waals surface area contributed by atoms with Crippen molar-refractivity contribution in [2.24, 2.45) is 0 Å². The molecular weight excluding hydrogens is 710 g/mol. The van der Waals surface area contributed by atoms with Gasteiger partial charge in [-0.1, -0.05) is 18.2 Å². The van der Waals surface area contributed by atoms with E-state index in [1.807, 2.05) is 0 Å². The molecule has 0 aliphatic heterocycles. The number of carbonyl (C=O) groups is 2. The standard InChI is InChI=1S/C25H14Br2F10N2O2/c1-39(21(41)15-7-2-3-8-18(15)28)14-6-4-5-12(9-14)20(40)38-19-16(26)10-13(11-17(19)27)22(29,24(32,33)34)23(30,31)25(35,36)37/h2-11H,1H3,(H,38,40). The summed E-state index contributed by atoms with van der Waals surface area (Å²) in [7, 11) is 1.29. The molecule has 1 N–H and O–H groups in total. The topological polar surface area (TPSA) is 49.4 Å². The van der Waals surface area contributed by atoms with Crippen LogP contribution in [0.25, 0.3) is 0 Å². The fraction of sp³-hybridized carbons (Fsp3) is 0.200. The van der Waals surface area contributed by atoms with Crippen molar-refractivity contribution in [2.45, 2.75) is 23.9 Å². The highest BCUT2D eigenvalue weighted by atomic mass is 79.9. The van der Waals surface area contributed by atoms with E-state index in [0.29, 0.717) is 0 Å². The van der Waals surface area contributed by atoms with E-state index in [0.717, 1.165) is 11.0 Å². The molecule has 220 valence electrons. The first-order valence-electron chi connectivity index (χ1n) is 10.9. The minimum Gasteiger partial charge on any atom is -0.320 e. The highest BCUT2D eigenvalue weighted by Crippen LogP contribution is 2.59. The maximum absolute atomic E-state index is 14.9. The molecule has 0 spiro atoms. The first-order valence-corrected chi connectivity index (χ1v) is 12.5. The molecule has 1 unspecified atom stereocenters. The summed E-state index contributed by atoms with van der Waals surface area (Å²) in [5.74, 6) is -9.42. The molecular formula is C25H14Br2F10N2O2. The van der Waals surface area contributed by atoms with Gasteiger partial charge in [0.1, 0.15) is 5.82 Å². The van der Waals surface area contributed by atoms with Crippen LogP contribution in [0.4, 0.5) is 55.3 Å². The van der Waals surface area contributed by atoms with Crippen molar-refractivity contribution in [1.29, 1.82) is 0 Å². The van der Waals surface area contributed by atoms with E-state index < -0.39 is 61.8 Å². The lowest BCUT2D eigenvalue weighted by Gasteiger charge is -2.36. The van der Waals surface area contributed by atoms with Crippen LogP contribution >= 0.6 is 31.9 Å². The summed E-state index contributed by atoms with van der Waals surface area (Å²) < 4.78 is 134. The third-order valence-electron chi connectivity index (χ3n) is 5.76. The Kier molecular flexibility index (Phi) is 8.90. The minimum absolute atomic E-state index is 0.0325. The fourth-order valence-corrected chi connectivity index (χ4v) is 4.97. The number of benzene rings is 3. The second-order valence-corrected chi connectivity index (χ2v) is 10.1. The highest BCUT2D eigenvalue weighted by Gasteiger charge is 2.81. The predicted octanol–water partition coefficient (Wildman–Crippen LogP) is 8.80. The molecule has 0 fully saturated rings. The number of halogens is 12. The Hall–Kier alpha value is -3.14. The lowest BCUT2D eigenvalue weighted by Crippen LogP contribution is -2.59. The van der Waals surface area contributed by atoms with Crippen LogP contribution in [0.3, 0.4) is 0 Å². The molecule has 0 heterocycles. The molecule has 1 atom stereocenters. The van der Waals surface area contributed by atoms with Gasteiger partial charge >= 0.3 is 23.9 Å². The van der Waals surface area contributed by atoms with E-state index in [2.05, 4.69) is 37.2 Å². The van der Waals surface area contributed by atoms with Crippen molar-refractivity contribution in [2.75, 3.05) is 17.3 Å². The highest BCUT2D eigenvalue weighted by molar-refractivity contribution is 9.11. The van der Waals surface area contributed by atoms with Gasteiger partial charge in [0.2, 0.25) is 0 Å². The van der Waals surface area contributed by atoms with Crippen LogP contribution in [-0.4, -0.2) is 37.1 Å². The van der Waals surface area contributed by atoms with Gasteiger partial charge in [0.15, 0.2) is 0 Å². The average Bonchev–Trinajstić information content (AvgIpc) is 2.88. The van der Waals surface area contributed by atoms with E-state index in [-0.39, 0.29) is 28.9 Å². The van der Waals surface area contributed by atoms with E-state index in [1.54, 1.807) is 0 Å². The van der Waals surface area contributed by atoms with Crippen molar-refractivity contribution in [3.05, 3.63) is 92.1 Å². The molecule has 0 radical (unpaired) electrons. The average molecular weight is 724 g/mol. The SMILES string of the molecule is CN(C(=O)c1ccccc1F)c1cccc(C(=O)Nc2c(Br)cc(C(F)(C(F)(F)F)C(F)(F)C(F)(F)F)cc2Br)c1. The molecule has 0 bridgehead atoms. The van der Waals surface area contributed by atoms with Gasteiger partial charge in [-0.05, 0) is 74.3 Å². The van der Waals surface area contributed by atoms with Gasteiger partial charge in [0.05, 0.1) is 11.3 Å². The van der Waals surface area contributed by atoms with E-state index >= 15 is 0 Å². The zero-order chi connectivity index (χ0) is 31.1. The maximum Gasteiger partial charge on any atom is 0.457 e. The van der Waals surface area contributed by atoms with Gasteiger partial charge in [-0.25, -0.2) is 8.78 Å². The van der Waals surface area contributed by atoms with Gasteiger partial charge in [-0.15, -0.1) is 0 Å². The second kappa shape index (κ2) is 11.3. The van der Waals surface area contributed by atoms with Crippen molar-refractivity contribution < 1.29 is 53.5 Å². The predicted molar refractivity (Wildman–Crippen MR) is 135 cm³/mol. The molecule has 3 rings (SSSR count). The van der Waals surface area contributed by atoms with E-state index in [1.165, 1.54) is 49.5 Å². The summed E-state index contributed by atoms with van der Waals surface area (Å²) in [6, 6.07) is 10.3. The first-order chi connectivity index (χ1) is 18.7. The Morgan fingerprint density at radius 1 is 0.780 bits per heavy atom. The molecule has 4 nitrogen and oxygen atoms in total. The van der Waals surface area contributed by atoms with Crippen molar-refractivity contribution in [1.82, 2.24) is 0 Å². The second-order valence-electron chi connectivity index (χ2n) is 8.39. The molecule has 2 amide bonds. The molecule has 0 saturated carbocycles. The van der Waals surface area contributed by atoms with Crippen molar-refractivity contribution >= 4 is 55.0 Å². The molecule has 0 aliphatic rings. The van der Waals surface area contributed by atoms with Crippen LogP contribution in [0.15, 0.2) is 69.6 Å². The van der Waals surface area contributed by atoms with Gasteiger partial charge < -0.3 is 10.2 Å². The lowest BCUT2D eigenvalue weighted by molar-refractivity contribution is -0.389. The third kappa shape index (κ3) is 5.94. The maximum atomic E-state index is 14.9. The minimum atomic E-state index is -6.91. The number of alkyl halides is 9. The summed E-state index contributed by atoms with van der Waals surface area (Å²) in [5, 5.41) is 2.21. The summed E-state index contributed by atoms with van der Waals surface area (Å²) in [6.45, 7) is 0. The van der Waals surface area contributed by atoms with Crippen LogP contribution in [0, 0.1) is 5.82 Å². The van der Waals surface area contributed by atoms with Gasteiger partial charge in [0, 0.05) is 32.8 Å². The molecule has 0 saturated heterocycles. The normalized spacial score (nSPS) is 13.9. The van der Waals surface area contributed by atoms with Crippen LogP contribution < -0.4 is 10.2 Å². The van der Waals surface area contributed by atoms with Gasteiger partial charge in [-0.3, -0.25) is 9.59 Å². The number of hydrogen-bond acceptors (Lipinski definition) is 2. The summed E-state index contributed by atoms with van der Waals surface area (Å²) in [6.07, 6.45) is -13.6. The van der Waals surface area contributed by atoms with Crippen molar-refractivity contribution in [3.63, 3.8) is 0 Å². The number of nitrogens with one attached hydrogen (secondary N) is 1. The van der Waals surface area contributed by atoms with E-state index in [4.69, 9.17) is 0 Å². The molecule has 16 heteroatoms. The quantitative estimate of drug-likeness (QED) is 0.259. The summed E-state index contributed by atoms with van der Waals surface area (Å²) in [5.41, 5.74) is -9.04. The fourth-order valence-electron chi connectivity index (χ4n) is 3.58. The van der Waals surface area contributed by atoms with Gasteiger partial charge in [-0.2, -0.15) is 35.1 Å². The number of amides is 2. The Labute approximate surface area is 241 Å². The molecule has 3 aromatic rings. The summed E-state index contributed by atoms with van der Waals surface area (Å²) >= 11 is 5.34. The number of carbonyl (C=O) groups excluding carboxylic acids is 2. The molecule has 0 aliphatic carbocycles. The molecule has 0 aromatic heterocycles. The van der Waals surface area contributed by atoms with Crippen LogP contribution in [0.2, 0.25) is 0 Å². The smallest absolute Gasteiger partial charge is 0.320 e. The van der Waals surface area contributed by atoms with E-state index in [9.17, 15) is 53.5 Å². The third-order valence-corrected chi connectivity index (χ3v) is 7.01. The Morgan fingerprint density at radius 2 is 1.34 bits per heavy atom. The van der Waals surface area contributed by atoms with Gasteiger partial charge in [0.25, 0.3) is 11.8 Å². The van der Waals surface area contributed by atoms with Crippen LogP contribution in [-0.2, 0) is 5.67 Å². The number of nitrogens with zero attached hydrogens (tertiary/aromatic N) is 1. The number of anilines is 2. The van der Waals surface area contributed by atoms with Crippen molar-refractivity contribution in [3.8, 4) is 0 Å². The zero-order valence-electron chi connectivity index (χ0n) is 20.1. The Morgan fingerprint density at radius 3 is 1.85 bits per heavy atom. The molecule has 41 heavy (non-hydrogen) atoms. The Balaban J connectivity index is 1.96. The zero-order valence-corrected chi connectivity index (χ0v) is 23.2. The Bertz CT molecular complexity index is 1470. The molecule has 3 aromatic carbocycles. The van der Waals surface area contributed by atoms with Crippen LogP contribution in [0.1, 0.15) is 26.3 Å². The number of hydrogen-bond donors (Lipinski definition) is 1. The monoisotopic (exact) mass is 722 g/mol. The van der Waals surface area contributed by atoms with Crippen LogP contribution in [0.5, 0.6) is 0 Å². The largest absolute Gasteiger partial charge is 0.457 e. The summed E-state index contributed by atoms with van der Waals surface area (Å²) in [4.78, 5) is 26.6.